The van der Waals surface area contributed by atoms with E-state index in [1.807, 2.05) is 27.7 Å². The SMILES string of the molecule is CC1CCOCCN1C(=O)Cn1ccc(=O)c2ccccc21. The number of ether oxygens (including phenoxy) is 1. The molecule has 1 atom stereocenters. The molecular weight excluding hydrogens is 280 g/mol. The Hall–Kier alpha value is -2.14. The molecular formula is C17H20N2O3. The molecule has 1 aromatic heterocycles. The molecule has 2 heterocycles. The van der Waals surface area contributed by atoms with Crippen molar-refractivity contribution in [3.63, 3.8) is 0 Å². The maximum Gasteiger partial charge on any atom is 0.242 e. The smallest absolute Gasteiger partial charge is 0.242 e. The van der Waals surface area contributed by atoms with Gasteiger partial charge in [-0.15, -0.1) is 0 Å². The fraction of sp³-hybridized carbons (Fsp3) is 0.412. The second-order valence-corrected chi connectivity index (χ2v) is 5.66. The number of carbonyl (C=O) groups excluding carboxylic acids is 1. The van der Waals surface area contributed by atoms with Crippen LogP contribution in [0, 0.1) is 0 Å². The second-order valence-electron chi connectivity index (χ2n) is 5.66. The molecule has 0 spiro atoms. The van der Waals surface area contributed by atoms with Crippen molar-refractivity contribution < 1.29 is 9.53 Å². The van der Waals surface area contributed by atoms with Gasteiger partial charge in [-0.3, -0.25) is 9.59 Å². The van der Waals surface area contributed by atoms with Crippen molar-refractivity contribution in [2.75, 3.05) is 19.8 Å². The third kappa shape index (κ3) is 2.90. The molecule has 116 valence electrons. The summed E-state index contributed by atoms with van der Waals surface area (Å²) >= 11 is 0. The highest BCUT2D eigenvalue weighted by Gasteiger charge is 2.22. The zero-order valence-electron chi connectivity index (χ0n) is 12.7. The molecule has 0 aliphatic carbocycles. The number of amides is 1. The average molecular weight is 300 g/mol. The van der Waals surface area contributed by atoms with E-state index in [1.165, 1.54) is 6.07 Å². The summed E-state index contributed by atoms with van der Waals surface area (Å²) in [5.41, 5.74) is 0.776. The van der Waals surface area contributed by atoms with Crippen LogP contribution in [0.25, 0.3) is 10.9 Å². The van der Waals surface area contributed by atoms with E-state index in [4.69, 9.17) is 4.74 Å². The lowest BCUT2D eigenvalue weighted by atomic mass is 10.2. The predicted octanol–water partition coefficient (Wildman–Crippen LogP) is 1.64. The van der Waals surface area contributed by atoms with Crippen molar-refractivity contribution in [3.05, 3.63) is 46.8 Å². The van der Waals surface area contributed by atoms with Gasteiger partial charge in [-0.2, -0.15) is 0 Å². The zero-order valence-corrected chi connectivity index (χ0v) is 12.7. The van der Waals surface area contributed by atoms with Crippen molar-refractivity contribution in [1.29, 1.82) is 0 Å². The van der Waals surface area contributed by atoms with Gasteiger partial charge in [-0.25, -0.2) is 0 Å². The number of carbonyl (C=O) groups is 1. The van der Waals surface area contributed by atoms with Gasteiger partial charge in [0.15, 0.2) is 5.43 Å². The molecule has 0 bridgehead atoms. The highest BCUT2D eigenvalue weighted by Crippen LogP contribution is 2.13. The first-order valence-electron chi connectivity index (χ1n) is 7.62. The predicted molar refractivity (Wildman–Crippen MR) is 84.8 cm³/mol. The van der Waals surface area contributed by atoms with E-state index >= 15 is 0 Å². The van der Waals surface area contributed by atoms with Gasteiger partial charge in [-0.1, -0.05) is 12.1 Å². The normalized spacial score (nSPS) is 19.1. The number of nitrogens with zero attached hydrogens (tertiary/aromatic N) is 2. The molecule has 1 aromatic carbocycles. The number of hydrogen-bond acceptors (Lipinski definition) is 3. The molecule has 0 N–H and O–H groups in total. The quantitative estimate of drug-likeness (QED) is 0.847. The first-order valence-corrected chi connectivity index (χ1v) is 7.62. The third-order valence-electron chi connectivity index (χ3n) is 4.20. The Bertz CT molecular complexity index is 738. The average Bonchev–Trinajstić information content (AvgIpc) is 2.75. The third-order valence-corrected chi connectivity index (χ3v) is 4.20. The first-order chi connectivity index (χ1) is 10.7. The second kappa shape index (κ2) is 6.32. The van der Waals surface area contributed by atoms with E-state index in [1.54, 1.807) is 12.3 Å². The molecule has 22 heavy (non-hydrogen) atoms. The molecule has 2 aromatic rings. The molecule has 1 fully saturated rings. The van der Waals surface area contributed by atoms with Gasteiger partial charge in [0, 0.05) is 36.8 Å². The highest BCUT2D eigenvalue weighted by molar-refractivity contribution is 5.82. The van der Waals surface area contributed by atoms with E-state index in [0.717, 1.165) is 11.9 Å². The molecule has 3 rings (SSSR count). The Morgan fingerprint density at radius 1 is 1.27 bits per heavy atom. The number of pyridine rings is 1. The summed E-state index contributed by atoms with van der Waals surface area (Å²) < 4.78 is 7.28. The maximum absolute atomic E-state index is 12.6. The Balaban J connectivity index is 1.88. The van der Waals surface area contributed by atoms with Crippen molar-refractivity contribution in [2.45, 2.75) is 25.9 Å². The van der Waals surface area contributed by atoms with Gasteiger partial charge >= 0.3 is 0 Å². The number of aromatic nitrogens is 1. The molecule has 1 aliphatic heterocycles. The minimum atomic E-state index is -0.0177. The zero-order chi connectivity index (χ0) is 15.5. The molecule has 0 saturated carbocycles. The highest BCUT2D eigenvalue weighted by atomic mass is 16.5. The van der Waals surface area contributed by atoms with Gasteiger partial charge in [0.1, 0.15) is 6.54 Å². The number of hydrogen-bond donors (Lipinski definition) is 0. The fourth-order valence-electron chi connectivity index (χ4n) is 2.90. The summed E-state index contributed by atoms with van der Waals surface area (Å²) in [7, 11) is 0. The van der Waals surface area contributed by atoms with E-state index in [-0.39, 0.29) is 23.9 Å². The Labute approximate surface area is 129 Å². The van der Waals surface area contributed by atoms with Gasteiger partial charge in [-0.05, 0) is 25.5 Å². The summed E-state index contributed by atoms with van der Waals surface area (Å²) in [5.74, 6) is 0.0619. The van der Waals surface area contributed by atoms with Crippen LogP contribution < -0.4 is 5.43 Å². The van der Waals surface area contributed by atoms with E-state index in [0.29, 0.717) is 25.1 Å². The molecule has 1 unspecified atom stereocenters. The summed E-state index contributed by atoms with van der Waals surface area (Å²) in [5, 5.41) is 0.644. The molecule has 1 amide bonds. The molecule has 5 nitrogen and oxygen atoms in total. The number of fused-ring (bicyclic) bond motifs is 1. The van der Waals surface area contributed by atoms with Crippen LogP contribution in [0.1, 0.15) is 13.3 Å². The minimum absolute atomic E-state index is 0.0177. The lowest BCUT2D eigenvalue weighted by Gasteiger charge is -2.27. The van der Waals surface area contributed by atoms with Crippen LogP contribution in [-0.4, -0.2) is 41.2 Å². The van der Waals surface area contributed by atoms with E-state index in [2.05, 4.69) is 6.92 Å². The van der Waals surface area contributed by atoms with Crippen molar-refractivity contribution in [1.82, 2.24) is 9.47 Å². The largest absolute Gasteiger partial charge is 0.380 e. The van der Waals surface area contributed by atoms with Crippen LogP contribution >= 0.6 is 0 Å². The van der Waals surface area contributed by atoms with E-state index < -0.39 is 0 Å². The van der Waals surface area contributed by atoms with Crippen molar-refractivity contribution >= 4 is 16.8 Å². The topological polar surface area (TPSA) is 51.5 Å². The Morgan fingerprint density at radius 2 is 2.09 bits per heavy atom. The number of rotatable bonds is 2. The minimum Gasteiger partial charge on any atom is -0.380 e. The van der Waals surface area contributed by atoms with Crippen LogP contribution in [0.3, 0.4) is 0 Å². The summed E-state index contributed by atoms with van der Waals surface area (Å²) in [4.78, 5) is 26.4. The molecule has 1 aliphatic rings. The van der Waals surface area contributed by atoms with Gasteiger partial charge in [0.05, 0.1) is 12.1 Å². The number of para-hydroxylation sites is 1. The molecule has 0 radical (unpaired) electrons. The standard InChI is InChI=1S/C17H20N2O3/c1-13-7-10-22-11-9-19(13)17(21)12-18-8-6-16(20)14-4-2-3-5-15(14)18/h2-6,8,13H,7,9-12H2,1H3. The number of benzene rings is 1. The van der Waals surface area contributed by atoms with Gasteiger partial charge < -0.3 is 14.2 Å². The Kier molecular flexibility index (Phi) is 4.24. The van der Waals surface area contributed by atoms with Crippen LogP contribution in [0.2, 0.25) is 0 Å². The van der Waals surface area contributed by atoms with E-state index in [9.17, 15) is 9.59 Å². The lowest BCUT2D eigenvalue weighted by Crippen LogP contribution is -2.41. The lowest BCUT2D eigenvalue weighted by molar-refractivity contribution is -0.133. The van der Waals surface area contributed by atoms with Crippen molar-refractivity contribution in [3.8, 4) is 0 Å². The van der Waals surface area contributed by atoms with Crippen LogP contribution in [-0.2, 0) is 16.1 Å². The van der Waals surface area contributed by atoms with Gasteiger partial charge in [0.25, 0.3) is 0 Å². The van der Waals surface area contributed by atoms with Crippen LogP contribution in [0.15, 0.2) is 41.3 Å². The maximum atomic E-state index is 12.6. The fourth-order valence-corrected chi connectivity index (χ4v) is 2.90. The molecule has 1 saturated heterocycles. The summed E-state index contributed by atoms with van der Waals surface area (Å²) in [6.45, 7) is 4.20. The summed E-state index contributed by atoms with van der Waals surface area (Å²) in [6, 6.07) is 9.08. The monoisotopic (exact) mass is 300 g/mol. The first kappa shape index (κ1) is 14.8. The van der Waals surface area contributed by atoms with Crippen molar-refractivity contribution in [2.24, 2.45) is 0 Å². The summed E-state index contributed by atoms with van der Waals surface area (Å²) in [6.07, 6.45) is 2.55. The van der Waals surface area contributed by atoms with Crippen LogP contribution in [0.4, 0.5) is 0 Å². The molecule has 5 heteroatoms. The Morgan fingerprint density at radius 3 is 2.95 bits per heavy atom. The van der Waals surface area contributed by atoms with Crippen LogP contribution in [0.5, 0.6) is 0 Å². The van der Waals surface area contributed by atoms with Gasteiger partial charge in [0.2, 0.25) is 5.91 Å².